The van der Waals surface area contributed by atoms with Crippen LogP contribution in [0.1, 0.15) is 30.6 Å². The first-order valence-corrected chi connectivity index (χ1v) is 5.67. The van der Waals surface area contributed by atoms with Gasteiger partial charge < -0.3 is 9.84 Å². The molecule has 0 spiro atoms. The predicted molar refractivity (Wildman–Crippen MR) is 65.0 cm³/mol. The Balaban J connectivity index is 3.06. The molecule has 0 aliphatic rings. The summed E-state index contributed by atoms with van der Waals surface area (Å²) in [7, 11) is 0. The lowest BCUT2D eigenvalue weighted by atomic mass is 10.1. The minimum atomic E-state index is -1.40. The van der Waals surface area contributed by atoms with Gasteiger partial charge in [-0.1, -0.05) is 13.8 Å². The van der Waals surface area contributed by atoms with Gasteiger partial charge in [-0.15, -0.1) is 0 Å². The quantitative estimate of drug-likeness (QED) is 0.634. The number of carboxylic acids is 1. The van der Waals surface area contributed by atoms with E-state index in [4.69, 9.17) is 9.84 Å². The molecule has 1 rings (SSSR count). The number of nitro groups is 1. The van der Waals surface area contributed by atoms with E-state index in [-0.39, 0.29) is 12.4 Å². The minimum absolute atomic E-state index is 0.198. The van der Waals surface area contributed by atoms with Gasteiger partial charge in [0.2, 0.25) is 5.82 Å². The molecule has 0 amide bonds. The fourth-order valence-corrected chi connectivity index (χ4v) is 1.37. The lowest BCUT2D eigenvalue weighted by Gasteiger charge is -2.10. The van der Waals surface area contributed by atoms with Crippen LogP contribution in [-0.4, -0.2) is 22.6 Å². The number of hydrogen-bond acceptors (Lipinski definition) is 4. The van der Waals surface area contributed by atoms with E-state index < -0.39 is 28.0 Å². The number of carboxylic acid groups (broad SMARTS) is 1. The number of carbonyl (C=O) groups is 1. The van der Waals surface area contributed by atoms with Crippen molar-refractivity contribution in [3.63, 3.8) is 0 Å². The number of ether oxygens (including phenoxy) is 1. The van der Waals surface area contributed by atoms with Crippen LogP contribution < -0.4 is 4.74 Å². The highest BCUT2D eigenvalue weighted by atomic mass is 19.1. The van der Waals surface area contributed by atoms with Crippen molar-refractivity contribution < 1.29 is 24.0 Å². The summed E-state index contributed by atoms with van der Waals surface area (Å²) in [6.45, 7) is 4.13. The number of nitro benzene ring substituents is 1. The Hall–Kier alpha value is -2.18. The van der Waals surface area contributed by atoms with Crippen molar-refractivity contribution in [2.45, 2.75) is 20.3 Å². The van der Waals surface area contributed by atoms with Crippen molar-refractivity contribution in [3.8, 4) is 5.75 Å². The Morgan fingerprint density at radius 1 is 1.53 bits per heavy atom. The lowest BCUT2D eigenvalue weighted by Crippen LogP contribution is -2.08. The first-order chi connectivity index (χ1) is 8.82. The zero-order valence-electron chi connectivity index (χ0n) is 10.6. The summed E-state index contributed by atoms with van der Waals surface area (Å²) < 4.78 is 18.6. The monoisotopic (exact) mass is 271 g/mol. The average Bonchev–Trinajstić information content (AvgIpc) is 2.27. The second-order valence-electron chi connectivity index (χ2n) is 4.39. The molecule has 1 aromatic rings. The summed E-state index contributed by atoms with van der Waals surface area (Å²) >= 11 is 0. The fourth-order valence-electron chi connectivity index (χ4n) is 1.37. The van der Waals surface area contributed by atoms with Gasteiger partial charge in [0.15, 0.2) is 0 Å². The van der Waals surface area contributed by atoms with E-state index in [1.54, 1.807) is 0 Å². The van der Waals surface area contributed by atoms with Crippen molar-refractivity contribution in [3.05, 3.63) is 33.6 Å². The minimum Gasteiger partial charge on any atom is -0.493 e. The number of benzene rings is 1. The molecule has 7 heteroatoms. The predicted octanol–water partition coefficient (Wildman–Crippen LogP) is 2.86. The Kier molecular flexibility index (Phi) is 4.80. The van der Waals surface area contributed by atoms with Crippen molar-refractivity contribution in [2.24, 2.45) is 5.92 Å². The van der Waals surface area contributed by atoms with Crippen LogP contribution >= 0.6 is 0 Å². The molecule has 0 radical (unpaired) electrons. The van der Waals surface area contributed by atoms with Crippen molar-refractivity contribution in [1.82, 2.24) is 0 Å². The van der Waals surface area contributed by atoms with Gasteiger partial charge in [0.1, 0.15) is 11.3 Å². The molecule has 104 valence electrons. The molecule has 0 aliphatic carbocycles. The summed E-state index contributed by atoms with van der Waals surface area (Å²) in [5.74, 6) is -2.37. The van der Waals surface area contributed by atoms with Crippen molar-refractivity contribution in [1.29, 1.82) is 0 Å². The molecule has 1 N–H and O–H groups in total. The molecule has 1 aromatic carbocycles. The van der Waals surface area contributed by atoms with Crippen LogP contribution in [0.25, 0.3) is 0 Å². The van der Waals surface area contributed by atoms with E-state index >= 15 is 0 Å². The van der Waals surface area contributed by atoms with Gasteiger partial charge in [0.05, 0.1) is 11.5 Å². The largest absolute Gasteiger partial charge is 0.493 e. The summed E-state index contributed by atoms with van der Waals surface area (Å²) in [4.78, 5) is 20.6. The highest BCUT2D eigenvalue weighted by molar-refractivity contribution is 5.91. The molecule has 0 saturated carbocycles. The van der Waals surface area contributed by atoms with Gasteiger partial charge in [-0.25, -0.2) is 4.79 Å². The van der Waals surface area contributed by atoms with Crippen LogP contribution in [0.15, 0.2) is 12.1 Å². The first kappa shape index (κ1) is 14.9. The Morgan fingerprint density at radius 3 is 2.63 bits per heavy atom. The molecule has 0 aliphatic heterocycles. The molecule has 0 fully saturated rings. The number of rotatable bonds is 6. The van der Waals surface area contributed by atoms with Crippen LogP contribution in [-0.2, 0) is 0 Å². The maximum atomic E-state index is 13.4. The molecule has 0 atom stereocenters. The summed E-state index contributed by atoms with van der Waals surface area (Å²) in [6, 6.07) is 1.41. The summed E-state index contributed by atoms with van der Waals surface area (Å²) in [6.07, 6.45) is 0.664. The summed E-state index contributed by atoms with van der Waals surface area (Å²) in [5, 5.41) is 19.5. The van der Waals surface area contributed by atoms with Crippen LogP contribution in [0.5, 0.6) is 5.75 Å². The van der Waals surface area contributed by atoms with Crippen LogP contribution in [0.2, 0.25) is 0 Å². The molecule has 0 aromatic heterocycles. The molecule has 0 unspecified atom stereocenters. The van der Waals surface area contributed by atoms with Gasteiger partial charge >= 0.3 is 11.7 Å². The normalized spacial score (nSPS) is 10.5. The molecule has 0 bridgehead atoms. The third kappa shape index (κ3) is 3.90. The summed E-state index contributed by atoms with van der Waals surface area (Å²) in [5.41, 5.74) is -1.30. The molecule has 6 nitrogen and oxygen atoms in total. The van der Waals surface area contributed by atoms with Gasteiger partial charge in [0.25, 0.3) is 0 Å². The number of nitrogens with zero attached hydrogens (tertiary/aromatic N) is 1. The van der Waals surface area contributed by atoms with E-state index in [1.807, 2.05) is 13.8 Å². The Bertz CT molecular complexity index is 501. The Morgan fingerprint density at radius 2 is 2.16 bits per heavy atom. The average molecular weight is 271 g/mol. The van der Waals surface area contributed by atoms with Gasteiger partial charge in [0, 0.05) is 12.1 Å². The molecule has 19 heavy (non-hydrogen) atoms. The van der Waals surface area contributed by atoms with E-state index in [9.17, 15) is 19.3 Å². The molecule has 0 saturated heterocycles. The lowest BCUT2D eigenvalue weighted by molar-refractivity contribution is -0.387. The maximum Gasteiger partial charge on any atom is 0.339 e. The third-order valence-corrected chi connectivity index (χ3v) is 2.43. The Labute approximate surface area is 109 Å². The van der Waals surface area contributed by atoms with E-state index in [0.29, 0.717) is 18.4 Å². The van der Waals surface area contributed by atoms with Gasteiger partial charge in [-0.3, -0.25) is 10.1 Å². The topological polar surface area (TPSA) is 89.7 Å². The second-order valence-corrected chi connectivity index (χ2v) is 4.39. The van der Waals surface area contributed by atoms with E-state index in [0.717, 1.165) is 6.07 Å². The number of hydrogen-bond donors (Lipinski definition) is 1. The molecular weight excluding hydrogens is 257 g/mol. The molecule has 0 heterocycles. The van der Waals surface area contributed by atoms with E-state index in [1.165, 1.54) is 0 Å². The smallest absolute Gasteiger partial charge is 0.339 e. The van der Waals surface area contributed by atoms with Crippen LogP contribution in [0.4, 0.5) is 10.1 Å². The van der Waals surface area contributed by atoms with Crippen LogP contribution in [0, 0.1) is 21.8 Å². The van der Waals surface area contributed by atoms with E-state index in [2.05, 4.69) is 0 Å². The number of aromatic carboxylic acids is 1. The molecular formula is C12H14FNO5. The van der Waals surface area contributed by atoms with Crippen molar-refractivity contribution in [2.75, 3.05) is 6.61 Å². The SMILES string of the molecule is CC(C)CCOc1cc(F)c([N+](=O)[O-])cc1C(=O)O. The highest BCUT2D eigenvalue weighted by Crippen LogP contribution is 2.28. The first-order valence-electron chi connectivity index (χ1n) is 5.67. The third-order valence-electron chi connectivity index (χ3n) is 2.43. The van der Waals surface area contributed by atoms with Crippen molar-refractivity contribution >= 4 is 11.7 Å². The fraction of sp³-hybridized carbons (Fsp3) is 0.417. The van der Waals surface area contributed by atoms with Gasteiger partial charge in [-0.05, 0) is 12.3 Å². The second kappa shape index (κ2) is 6.12. The highest BCUT2D eigenvalue weighted by Gasteiger charge is 2.22. The van der Waals surface area contributed by atoms with Gasteiger partial charge in [-0.2, -0.15) is 4.39 Å². The zero-order valence-corrected chi connectivity index (χ0v) is 10.6. The maximum absolute atomic E-state index is 13.4. The standard InChI is InChI=1S/C12H14FNO5/c1-7(2)3-4-19-11-6-9(13)10(14(17)18)5-8(11)12(15)16/h5-7H,3-4H2,1-2H3,(H,15,16). The number of halogens is 1. The zero-order chi connectivity index (χ0) is 14.6. The van der Waals surface area contributed by atoms with Crippen LogP contribution in [0.3, 0.4) is 0 Å².